The largest absolute Gasteiger partial charge is 0.466 e. The lowest BCUT2D eigenvalue weighted by atomic mass is 9.93. The summed E-state index contributed by atoms with van der Waals surface area (Å²) in [5.41, 5.74) is -4.18. The van der Waals surface area contributed by atoms with Crippen LogP contribution < -0.4 is 10.2 Å². The zero-order valence-electron chi connectivity index (χ0n) is 14.2. The van der Waals surface area contributed by atoms with Crippen molar-refractivity contribution in [3.05, 3.63) is 29.8 Å². The van der Waals surface area contributed by atoms with Crippen LogP contribution in [0.3, 0.4) is 0 Å². The van der Waals surface area contributed by atoms with Crippen molar-refractivity contribution < 1.29 is 32.6 Å². The average molecular weight is 362 g/mol. The number of urea groups is 1. The van der Waals surface area contributed by atoms with Crippen molar-refractivity contribution in [1.82, 2.24) is 5.32 Å². The predicted molar refractivity (Wildman–Crippen MR) is 85.1 cm³/mol. The van der Waals surface area contributed by atoms with E-state index in [2.05, 4.69) is 10.1 Å². The highest BCUT2D eigenvalue weighted by molar-refractivity contribution is 5.91. The van der Waals surface area contributed by atoms with Gasteiger partial charge in [-0.15, -0.1) is 0 Å². The van der Waals surface area contributed by atoms with Crippen LogP contribution >= 0.6 is 0 Å². The van der Waals surface area contributed by atoms with E-state index in [0.29, 0.717) is 12.2 Å². The number of methoxy groups -OCH3 is 1. The monoisotopic (exact) mass is 362 g/mol. The standard InChI is InChI=1S/C16H21F3N2O4/c1-4-5-10-20-14(23)21(2)12-8-6-11(7-9-12)15(24,13(22)25-3)16(17,18)19/h6-9,24H,4-5,10H2,1-3H3,(H,20,23)/t15-/m1/s1. The minimum Gasteiger partial charge on any atom is -0.466 e. The fourth-order valence-electron chi connectivity index (χ4n) is 2.08. The Morgan fingerprint density at radius 3 is 2.24 bits per heavy atom. The van der Waals surface area contributed by atoms with Crippen molar-refractivity contribution in [2.45, 2.75) is 31.5 Å². The molecule has 0 saturated carbocycles. The molecule has 0 aliphatic rings. The van der Waals surface area contributed by atoms with Gasteiger partial charge in [0.15, 0.2) is 0 Å². The van der Waals surface area contributed by atoms with Gasteiger partial charge >= 0.3 is 18.2 Å². The highest BCUT2D eigenvalue weighted by Gasteiger charge is 2.62. The molecule has 0 unspecified atom stereocenters. The summed E-state index contributed by atoms with van der Waals surface area (Å²) < 4.78 is 43.6. The fourth-order valence-corrected chi connectivity index (χ4v) is 2.08. The molecule has 0 bridgehead atoms. The zero-order chi connectivity index (χ0) is 19.3. The Morgan fingerprint density at radius 2 is 1.80 bits per heavy atom. The van der Waals surface area contributed by atoms with E-state index < -0.39 is 29.3 Å². The van der Waals surface area contributed by atoms with E-state index in [1.165, 1.54) is 24.1 Å². The molecule has 2 amide bonds. The van der Waals surface area contributed by atoms with Crippen LogP contribution in [-0.2, 0) is 15.1 Å². The number of esters is 1. The molecule has 25 heavy (non-hydrogen) atoms. The second-order valence-electron chi connectivity index (χ2n) is 5.39. The SMILES string of the molecule is CCCCNC(=O)N(C)c1ccc([C@@](O)(C(=O)OC)C(F)(F)F)cc1. The molecule has 0 spiro atoms. The normalized spacial score (nSPS) is 13.7. The fraction of sp³-hybridized carbons (Fsp3) is 0.500. The molecule has 9 heteroatoms. The average Bonchev–Trinajstić information content (AvgIpc) is 2.58. The molecule has 1 aromatic rings. The third kappa shape index (κ3) is 4.41. The van der Waals surface area contributed by atoms with Crippen LogP contribution in [0.25, 0.3) is 0 Å². The number of benzene rings is 1. The molecule has 0 aliphatic heterocycles. The molecular formula is C16H21F3N2O4. The molecule has 1 atom stereocenters. The lowest BCUT2D eigenvalue weighted by Crippen LogP contribution is -2.49. The van der Waals surface area contributed by atoms with Gasteiger partial charge < -0.3 is 15.2 Å². The van der Waals surface area contributed by atoms with Crippen molar-refractivity contribution in [3.63, 3.8) is 0 Å². The lowest BCUT2D eigenvalue weighted by Gasteiger charge is -2.28. The quantitative estimate of drug-likeness (QED) is 0.602. The molecule has 1 aromatic carbocycles. The number of alkyl halides is 3. The summed E-state index contributed by atoms with van der Waals surface area (Å²) in [5, 5.41) is 12.5. The Kier molecular flexibility index (Phi) is 6.80. The highest BCUT2D eigenvalue weighted by Crippen LogP contribution is 2.40. The number of amides is 2. The Bertz CT molecular complexity index is 604. The van der Waals surface area contributed by atoms with Gasteiger partial charge in [0.05, 0.1) is 7.11 Å². The molecule has 6 nitrogen and oxygen atoms in total. The molecule has 0 saturated heterocycles. The number of carbonyl (C=O) groups is 2. The Balaban J connectivity index is 3.04. The molecule has 0 aromatic heterocycles. The summed E-state index contributed by atoms with van der Waals surface area (Å²) in [7, 11) is 2.20. The number of carbonyl (C=O) groups excluding carboxylic acids is 2. The third-order valence-electron chi connectivity index (χ3n) is 3.67. The third-order valence-corrected chi connectivity index (χ3v) is 3.67. The molecule has 1 rings (SSSR count). The van der Waals surface area contributed by atoms with Gasteiger partial charge in [0.2, 0.25) is 0 Å². The van der Waals surface area contributed by atoms with Gasteiger partial charge in [-0.25, -0.2) is 9.59 Å². The van der Waals surface area contributed by atoms with E-state index in [-0.39, 0.29) is 0 Å². The smallest absolute Gasteiger partial charge is 0.432 e. The summed E-state index contributed by atoms with van der Waals surface area (Å²) in [6.45, 7) is 2.45. The van der Waals surface area contributed by atoms with Crippen LogP contribution in [-0.4, -0.2) is 44.0 Å². The van der Waals surface area contributed by atoms with Crippen LogP contribution in [0.5, 0.6) is 0 Å². The number of halogens is 3. The van der Waals surface area contributed by atoms with Crippen LogP contribution in [0.15, 0.2) is 24.3 Å². The van der Waals surface area contributed by atoms with Crippen molar-refractivity contribution in [2.24, 2.45) is 0 Å². The first-order valence-corrected chi connectivity index (χ1v) is 7.59. The van der Waals surface area contributed by atoms with Gasteiger partial charge in [-0.3, -0.25) is 4.90 Å². The van der Waals surface area contributed by atoms with E-state index in [1.807, 2.05) is 6.92 Å². The second kappa shape index (κ2) is 8.19. The maximum Gasteiger partial charge on any atom is 0.432 e. The maximum absolute atomic E-state index is 13.2. The van der Waals surface area contributed by atoms with Gasteiger partial charge in [0, 0.05) is 24.8 Å². The first-order valence-electron chi connectivity index (χ1n) is 7.59. The minimum atomic E-state index is -5.26. The van der Waals surface area contributed by atoms with Crippen LogP contribution in [0.4, 0.5) is 23.7 Å². The number of hydrogen-bond acceptors (Lipinski definition) is 4. The molecule has 2 N–H and O–H groups in total. The Hall–Kier alpha value is -2.29. The summed E-state index contributed by atoms with van der Waals surface area (Å²) >= 11 is 0. The Morgan fingerprint density at radius 1 is 1.24 bits per heavy atom. The van der Waals surface area contributed by atoms with Crippen molar-refractivity contribution in [2.75, 3.05) is 25.6 Å². The molecule has 140 valence electrons. The summed E-state index contributed by atoms with van der Waals surface area (Å²) in [5.74, 6) is -1.83. The van der Waals surface area contributed by atoms with E-state index in [4.69, 9.17) is 0 Å². The summed E-state index contributed by atoms with van der Waals surface area (Å²) in [6, 6.07) is 3.84. The van der Waals surface area contributed by atoms with E-state index in [9.17, 15) is 27.9 Å². The molecule has 0 aliphatic carbocycles. The number of unbranched alkanes of at least 4 members (excludes halogenated alkanes) is 1. The van der Waals surface area contributed by atoms with Crippen molar-refractivity contribution in [1.29, 1.82) is 0 Å². The van der Waals surface area contributed by atoms with Crippen LogP contribution in [0.1, 0.15) is 25.3 Å². The van der Waals surface area contributed by atoms with Crippen LogP contribution in [0.2, 0.25) is 0 Å². The maximum atomic E-state index is 13.2. The minimum absolute atomic E-state index is 0.298. The van der Waals surface area contributed by atoms with Crippen molar-refractivity contribution >= 4 is 17.7 Å². The molecule has 0 fully saturated rings. The number of aliphatic hydroxyl groups is 1. The van der Waals surface area contributed by atoms with E-state index >= 15 is 0 Å². The highest BCUT2D eigenvalue weighted by atomic mass is 19.4. The van der Waals surface area contributed by atoms with Gasteiger partial charge in [-0.1, -0.05) is 25.5 Å². The molecule has 0 radical (unpaired) electrons. The van der Waals surface area contributed by atoms with Gasteiger partial charge in [0.25, 0.3) is 5.60 Å². The Labute approximate surface area is 143 Å². The predicted octanol–water partition coefficient (Wildman–Crippen LogP) is 2.56. The number of hydrogen-bond donors (Lipinski definition) is 2. The molecular weight excluding hydrogens is 341 g/mol. The van der Waals surface area contributed by atoms with Gasteiger partial charge in [-0.2, -0.15) is 13.2 Å². The number of nitrogens with zero attached hydrogens (tertiary/aromatic N) is 1. The van der Waals surface area contributed by atoms with Gasteiger partial charge in [-0.05, 0) is 18.6 Å². The second-order valence-corrected chi connectivity index (χ2v) is 5.39. The van der Waals surface area contributed by atoms with Crippen molar-refractivity contribution in [3.8, 4) is 0 Å². The van der Waals surface area contributed by atoms with Crippen LogP contribution in [0, 0.1) is 0 Å². The topological polar surface area (TPSA) is 78.9 Å². The summed E-state index contributed by atoms with van der Waals surface area (Å²) in [4.78, 5) is 24.6. The van der Waals surface area contributed by atoms with E-state index in [0.717, 1.165) is 32.1 Å². The zero-order valence-corrected chi connectivity index (χ0v) is 14.2. The first-order chi connectivity index (χ1) is 11.6. The number of rotatable bonds is 6. The molecule has 0 heterocycles. The first kappa shape index (κ1) is 20.8. The summed E-state index contributed by atoms with van der Waals surface area (Å²) in [6.07, 6.45) is -3.55. The number of anilines is 1. The lowest BCUT2D eigenvalue weighted by molar-refractivity contribution is -0.266. The van der Waals surface area contributed by atoms with E-state index in [1.54, 1.807) is 0 Å². The number of nitrogens with one attached hydrogen (secondary N) is 1. The number of ether oxygens (including phenoxy) is 1. The van der Waals surface area contributed by atoms with Gasteiger partial charge in [0.1, 0.15) is 0 Å².